The van der Waals surface area contributed by atoms with Crippen LogP contribution < -0.4 is 0 Å². The van der Waals surface area contributed by atoms with Crippen molar-refractivity contribution in [2.24, 2.45) is 0 Å². The minimum Gasteiger partial charge on any atom is -0.415 e. The molecule has 0 bridgehead atoms. The molecule has 13 rings (SSSR count). The first-order chi connectivity index (χ1) is 53.2. The van der Waals surface area contributed by atoms with Crippen LogP contribution in [0.5, 0.6) is 0 Å². The molecule has 6 nitrogen and oxygen atoms in total. The summed E-state index contributed by atoms with van der Waals surface area (Å²) in [7, 11) is -23.1. The van der Waals surface area contributed by atoms with Gasteiger partial charge in [-0.25, -0.2) is 0 Å². The Hall–Kier alpha value is -8.30. The van der Waals surface area contributed by atoms with E-state index in [1.54, 1.807) is 0 Å². The van der Waals surface area contributed by atoms with Crippen LogP contribution in [0, 0.1) is 0 Å². The minimum atomic E-state index is -3.86. The minimum absolute atomic E-state index is 0.702. The van der Waals surface area contributed by atoms with E-state index < -0.39 is 51.4 Å². The molecule has 108 heavy (non-hydrogen) atoms. The topological polar surface area (TPSA) is 55.4 Å². The second-order valence-corrected chi connectivity index (χ2v) is 51.7. The zero-order valence-corrected chi connectivity index (χ0v) is 69.1. The van der Waals surface area contributed by atoms with Crippen molar-refractivity contribution in [3.8, 4) is 0 Å². The van der Waals surface area contributed by atoms with Gasteiger partial charge in [0, 0.05) is 0 Å². The van der Waals surface area contributed by atoms with Gasteiger partial charge in [-0.15, -0.1) is 0 Å². The summed E-state index contributed by atoms with van der Waals surface area (Å²) in [5, 5.41) is 0. The monoisotopic (exact) mass is 1520 g/mol. The smallest absolute Gasteiger partial charge is 0.321 e. The van der Waals surface area contributed by atoms with Crippen LogP contribution in [0.25, 0.3) is 0 Å². The van der Waals surface area contributed by atoms with Crippen LogP contribution in [0.2, 0.25) is 72.5 Å². The molecule has 552 valence electrons. The Bertz CT molecular complexity index is 3440. The molecule has 0 atom stereocenters. The molecule has 0 amide bonds. The molecular weight excluding hydrogens is 1420 g/mol. The Balaban J connectivity index is 1.16. The first-order valence-electron chi connectivity index (χ1n) is 39.9. The number of rotatable bonds is 36. The quantitative estimate of drug-likeness (QED) is 0.0365. The third kappa shape index (κ3) is 23.9. The van der Waals surface area contributed by atoms with Crippen molar-refractivity contribution < 1.29 is 24.7 Å². The molecule has 0 radical (unpaired) electrons. The van der Waals surface area contributed by atoms with Crippen LogP contribution in [0.15, 0.2) is 364 Å². The number of hydrogen-bond acceptors (Lipinski definition) is 6. The van der Waals surface area contributed by atoms with Crippen molar-refractivity contribution in [1.29, 1.82) is 0 Å². The van der Waals surface area contributed by atoms with Crippen LogP contribution in [0.3, 0.4) is 0 Å². The molecule has 0 aliphatic carbocycles. The molecule has 1 fully saturated rings. The van der Waals surface area contributed by atoms with Crippen molar-refractivity contribution in [2.75, 3.05) is 0 Å². The van der Waals surface area contributed by atoms with Crippen molar-refractivity contribution in [3.05, 3.63) is 431 Å². The normalized spacial score (nSPS) is 15.8. The van der Waals surface area contributed by atoms with E-state index in [0.717, 1.165) is 77.0 Å². The summed E-state index contributed by atoms with van der Waals surface area (Å²) in [6, 6.07) is 143. The van der Waals surface area contributed by atoms with E-state index in [9.17, 15) is 24.7 Å². The summed E-state index contributed by atoms with van der Waals surface area (Å²) in [5.41, 5.74) is 15.3. The van der Waals surface area contributed by atoms with Crippen LogP contribution in [0.4, 0.5) is 0 Å². The van der Waals surface area contributed by atoms with Crippen molar-refractivity contribution in [1.82, 2.24) is 0 Å². The largest absolute Gasteiger partial charge is 0.415 e. The highest BCUT2D eigenvalue weighted by molar-refractivity contribution is 6.96. The van der Waals surface area contributed by atoms with E-state index in [4.69, 9.17) is 0 Å². The van der Waals surface area contributed by atoms with Gasteiger partial charge in [-0.2, -0.15) is 0 Å². The van der Waals surface area contributed by atoms with Crippen molar-refractivity contribution in [3.63, 3.8) is 0 Å². The highest BCUT2D eigenvalue weighted by atomic mass is 28.5. The second kappa shape index (κ2) is 39.9. The lowest BCUT2D eigenvalue weighted by molar-refractivity contribution is 0.207. The number of aryl methyl sites for hydroxylation is 12. The third-order valence-electron chi connectivity index (χ3n) is 21.9. The third-order valence-corrected chi connectivity index (χ3v) is 51.9. The number of hydrogen-bond donors (Lipinski definition) is 0. The molecule has 1 heterocycles. The van der Waals surface area contributed by atoms with Gasteiger partial charge in [0.25, 0.3) is 0 Å². The van der Waals surface area contributed by atoms with Gasteiger partial charge in [-0.3, -0.25) is 0 Å². The van der Waals surface area contributed by atoms with Gasteiger partial charge in [0.2, 0.25) is 0 Å². The highest BCUT2D eigenvalue weighted by Crippen LogP contribution is 2.47. The maximum absolute atomic E-state index is 9.49. The van der Waals surface area contributed by atoms with Crippen LogP contribution in [-0.4, -0.2) is 51.4 Å². The number of benzene rings is 12. The molecule has 0 aromatic heterocycles. The molecule has 0 N–H and O–H groups in total. The van der Waals surface area contributed by atoms with Gasteiger partial charge in [-0.05, 0) is 216 Å². The zero-order valence-electron chi connectivity index (χ0n) is 63.1. The van der Waals surface area contributed by atoms with Crippen molar-refractivity contribution >= 4 is 51.4 Å². The molecule has 1 aliphatic rings. The maximum atomic E-state index is 9.49. The van der Waals surface area contributed by atoms with Crippen LogP contribution >= 0.6 is 0 Å². The fourth-order valence-corrected chi connectivity index (χ4v) is 54.7. The molecular formula is C96H108O6Si6. The lowest BCUT2D eigenvalue weighted by Crippen LogP contribution is -2.70. The van der Waals surface area contributed by atoms with Gasteiger partial charge in [-0.1, -0.05) is 364 Å². The molecule has 12 heteroatoms. The molecule has 12 aromatic rings. The molecule has 1 aliphatic heterocycles. The van der Waals surface area contributed by atoms with Gasteiger partial charge in [0.05, 0.1) is 0 Å². The van der Waals surface area contributed by atoms with Crippen LogP contribution in [0.1, 0.15) is 66.8 Å². The second-order valence-electron chi connectivity index (χ2n) is 29.9. The Morgan fingerprint density at radius 3 is 0.259 bits per heavy atom. The Kier molecular flexibility index (Phi) is 28.7. The molecule has 1 saturated heterocycles. The standard InChI is InChI=1S/C96H108O6Si6/c1-13-37-85(38-14-1)61-73-103(74-62-86-39-15-2-16-40-86)97-104(75-63-87-41-17-3-18-42-87,76-64-88-43-19-4-20-44-88)99-106(79-67-91-49-25-7-26-50-91,80-68-92-51-27-8-28-52-92)101-108(83-71-95-57-33-11-34-58-95,84-72-96-59-35-12-36-60-96)102-107(81-69-93-53-29-9-30-54-93,82-70-94-55-31-10-32-56-94)100-105(98-103,77-65-89-45-21-5-22-46-89)78-66-90-47-23-6-24-48-90/h1-60H,61-84H2. The Morgan fingerprint density at radius 1 is 0.111 bits per heavy atom. The van der Waals surface area contributed by atoms with Crippen LogP contribution in [-0.2, 0) is 102 Å². The van der Waals surface area contributed by atoms with E-state index in [1.807, 2.05) is 0 Å². The highest BCUT2D eigenvalue weighted by Gasteiger charge is 2.63. The first-order valence-corrected chi connectivity index (χ1v) is 53.2. The fourth-order valence-electron chi connectivity index (χ4n) is 15.9. The average Bonchev–Trinajstić information content (AvgIpc) is 0.742. The summed E-state index contributed by atoms with van der Waals surface area (Å²) in [4.78, 5) is 0. The molecule has 12 aromatic carbocycles. The lowest BCUT2D eigenvalue weighted by atomic mass is 10.2. The Labute approximate surface area is 651 Å². The molecule has 0 saturated carbocycles. The van der Waals surface area contributed by atoms with E-state index in [-0.39, 0.29) is 0 Å². The average molecular weight is 1530 g/mol. The predicted molar refractivity (Wildman–Crippen MR) is 460 cm³/mol. The Morgan fingerprint density at radius 2 is 0.185 bits per heavy atom. The predicted octanol–water partition coefficient (Wildman–Crippen LogP) is 23.7. The van der Waals surface area contributed by atoms with E-state index in [0.29, 0.717) is 72.5 Å². The fraction of sp³-hybridized carbons (Fsp3) is 0.250. The van der Waals surface area contributed by atoms with Gasteiger partial charge in [0.1, 0.15) is 0 Å². The lowest BCUT2D eigenvalue weighted by Gasteiger charge is -2.54. The molecule has 0 unspecified atom stereocenters. The van der Waals surface area contributed by atoms with Gasteiger partial charge in [0.15, 0.2) is 0 Å². The zero-order chi connectivity index (χ0) is 73.6. The van der Waals surface area contributed by atoms with E-state index in [1.165, 1.54) is 66.8 Å². The van der Waals surface area contributed by atoms with Crippen molar-refractivity contribution in [2.45, 2.75) is 150 Å². The maximum Gasteiger partial charge on any atom is 0.321 e. The summed E-state index contributed by atoms with van der Waals surface area (Å²) in [5.74, 6) is 0. The summed E-state index contributed by atoms with van der Waals surface area (Å²) < 4.78 is 56.9. The summed E-state index contributed by atoms with van der Waals surface area (Å²) in [6.07, 6.45) is 9.20. The van der Waals surface area contributed by atoms with E-state index in [2.05, 4.69) is 364 Å². The first kappa shape index (κ1) is 77.8. The summed E-state index contributed by atoms with van der Waals surface area (Å²) >= 11 is 0. The summed E-state index contributed by atoms with van der Waals surface area (Å²) in [6.45, 7) is 0. The van der Waals surface area contributed by atoms with Gasteiger partial charge >= 0.3 is 51.4 Å². The SMILES string of the molecule is c1ccc(CC[Si]2(CCc3ccccc3)O[Si](CCc3ccccc3)(CCc3ccccc3)O[Si](CCc3ccccc3)(CCc3ccccc3)O[Si](CCc3ccccc3)(CCc3ccccc3)O[Si](CCc3ccccc3)(CCc3ccccc3)O[Si](CCc3ccccc3)(CCc3ccccc3)O2)cc1. The van der Waals surface area contributed by atoms with Gasteiger partial charge < -0.3 is 24.7 Å². The molecule has 0 spiro atoms. The van der Waals surface area contributed by atoms with E-state index >= 15 is 0 Å².